The fourth-order valence-corrected chi connectivity index (χ4v) is 3.84. The summed E-state index contributed by atoms with van der Waals surface area (Å²) in [6.07, 6.45) is -2.15. The molecule has 8 nitrogen and oxygen atoms in total. The van der Waals surface area contributed by atoms with Crippen LogP contribution in [0.1, 0.15) is 32.8 Å². The van der Waals surface area contributed by atoms with Crippen molar-refractivity contribution in [1.82, 2.24) is 0 Å². The highest BCUT2D eigenvalue weighted by Gasteiger charge is 2.57. The molecular weight excluding hydrogens is 368 g/mol. The van der Waals surface area contributed by atoms with Crippen molar-refractivity contribution in [2.24, 2.45) is 5.92 Å². The fourth-order valence-electron chi connectivity index (χ4n) is 3.84. The quantitative estimate of drug-likeness (QED) is 0.629. The molecule has 8 heteroatoms. The lowest BCUT2D eigenvalue weighted by Gasteiger charge is -2.46. The van der Waals surface area contributed by atoms with Crippen LogP contribution in [0.3, 0.4) is 0 Å². The second-order valence-corrected chi connectivity index (χ2v) is 7.49. The molecule has 2 aliphatic heterocycles. The molecule has 2 fully saturated rings. The molecule has 2 saturated heterocycles. The van der Waals surface area contributed by atoms with Gasteiger partial charge in [0.15, 0.2) is 6.10 Å². The summed E-state index contributed by atoms with van der Waals surface area (Å²) in [5.74, 6) is 0.141. The first-order chi connectivity index (χ1) is 13.2. The Morgan fingerprint density at radius 1 is 1.21 bits per heavy atom. The van der Waals surface area contributed by atoms with Crippen molar-refractivity contribution in [3.63, 3.8) is 0 Å². The van der Waals surface area contributed by atoms with Gasteiger partial charge in [-0.2, -0.15) is 0 Å². The van der Waals surface area contributed by atoms with Crippen LogP contribution >= 0.6 is 0 Å². The molecule has 150 valence electrons. The van der Waals surface area contributed by atoms with Gasteiger partial charge in [0.25, 0.3) is 0 Å². The Labute approximate surface area is 160 Å². The van der Waals surface area contributed by atoms with Gasteiger partial charge < -0.3 is 28.5 Å². The number of hydrogen-bond donors (Lipinski definition) is 1. The molecule has 0 spiro atoms. The van der Waals surface area contributed by atoms with Crippen LogP contribution < -0.4 is 10.4 Å². The Balaban J connectivity index is 1.72. The van der Waals surface area contributed by atoms with E-state index in [0.717, 1.165) is 6.07 Å². The molecule has 0 saturated carbocycles. The van der Waals surface area contributed by atoms with Gasteiger partial charge in [-0.15, -0.1) is 0 Å². The van der Waals surface area contributed by atoms with Crippen molar-refractivity contribution in [3.8, 4) is 11.5 Å². The van der Waals surface area contributed by atoms with Crippen LogP contribution in [-0.4, -0.2) is 35.4 Å². The van der Waals surface area contributed by atoms with Gasteiger partial charge in [-0.3, -0.25) is 0 Å². The SMILES string of the molecule is CC[C@]1(C)OC(Oc2ccc3c(O)cc(=O)oc3c2C)C2OC(=O)OC2C1C. The Morgan fingerprint density at radius 2 is 1.93 bits per heavy atom. The molecular formula is C20H22O8. The number of carbonyl (C=O) groups is 1. The highest BCUT2D eigenvalue weighted by atomic mass is 16.8. The highest BCUT2D eigenvalue weighted by Crippen LogP contribution is 2.43. The molecule has 1 N–H and O–H groups in total. The van der Waals surface area contributed by atoms with E-state index < -0.39 is 35.9 Å². The largest absolute Gasteiger partial charge is 0.509 e. The number of aryl methyl sites for hydroxylation is 1. The fraction of sp³-hybridized carbons (Fsp3) is 0.500. The molecule has 1 aromatic carbocycles. The van der Waals surface area contributed by atoms with Crippen LogP contribution in [0.2, 0.25) is 0 Å². The number of fused-ring (bicyclic) bond motifs is 2. The molecule has 0 bridgehead atoms. The Hall–Kier alpha value is -2.74. The topological polar surface area (TPSA) is 104 Å². The summed E-state index contributed by atoms with van der Waals surface area (Å²) in [7, 11) is 0. The van der Waals surface area contributed by atoms with Crippen LogP contribution in [0.4, 0.5) is 4.79 Å². The van der Waals surface area contributed by atoms with Gasteiger partial charge in [0.1, 0.15) is 17.1 Å². The number of carbonyl (C=O) groups excluding carboxylic acids is 1. The zero-order chi connectivity index (χ0) is 20.2. The summed E-state index contributed by atoms with van der Waals surface area (Å²) in [4.78, 5) is 23.4. The van der Waals surface area contributed by atoms with Crippen molar-refractivity contribution in [3.05, 3.63) is 34.2 Å². The molecule has 3 heterocycles. The average molecular weight is 390 g/mol. The van der Waals surface area contributed by atoms with Crippen LogP contribution in [0, 0.1) is 12.8 Å². The van der Waals surface area contributed by atoms with E-state index in [1.807, 2.05) is 20.8 Å². The Kier molecular flexibility index (Phi) is 4.26. The molecule has 0 radical (unpaired) electrons. The molecule has 4 rings (SSSR count). The smallest absolute Gasteiger partial charge is 0.507 e. The van der Waals surface area contributed by atoms with E-state index in [-0.39, 0.29) is 17.3 Å². The molecule has 0 aliphatic carbocycles. The third-order valence-electron chi connectivity index (χ3n) is 5.93. The average Bonchev–Trinajstić information content (AvgIpc) is 3.04. The summed E-state index contributed by atoms with van der Waals surface area (Å²) in [6.45, 7) is 7.60. The standard InChI is InChI=1S/C20H22O8/c1-5-20(4)10(3)16-17(27-19(23)26-16)18(28-20)24-13-7-6-11-12(21)8-14(22)25-15(11)9(13)2/h6-8,10,16-18,21H,5H2,1-4H3/t10?,16?,17?,18?,20-/m0/s1. The van der Waals surface area contributed by atoms with E-state index in [1.165, 1.54) is 0 Å². The third kappa shape index (κ3) is 2.79. The van der Waals surface area contributed by atoms with Gasteiger partial charge in [-0.05, 0) is 32.4 Å². The predicted octanol–water partition coefficient (Wildman–Crippen LogP) is 3.25. The van der Waals surface area contributed by atoms with Crippen LogP contribution in [0.15, 0.2) is 27.4 Å². The van der Waals surface area contributed by atoms with Crippen molar-refractivity contribution in [1.29, 1.82) is 0 Å². The van der Waals surface area contributed by atoms with Crippen molar-refractivity contribution in [2.45, 2.75) is 58.2 Å². The zero-order valence-electron chi connectivity index (χ0n) is 16.1. The molecule has 0 amide bonds. The molecule has 2 aliphatic rings. The van der Waals surface area contributed by atoms with E-state index in [4.69, 9.17) is 23.4 Å². The van der Waals surface area contributed by atoms with Gasteiger partial charge in [0, 0.05) is 11.5 Å². The minimum absolute atomic E-state index is 0.0820. The third-order valence-corrected chi connectivity index (χ3v) is 5.93. The van der Waals surface area contributed by atoms with Crippen LogP contribution in [0.5, 0.6) is 11.5 Å². The van der Waals surface area contributed by atoms with Gasteiger partial charge in [0.05, 0.1) is 17.1 Å². The van der Waals surface area contributed by atoms with Crippen LogP contribution in [-0.2, 0) is 14.2 Å². The maximum absolute atomic E-state index is 11.7. The lowest BCUT2D eigenvalue weighted by atomic mass is 9.79. The van der Waals surface area contributed by atoms with E-state index in [0.29, 0.717) is 23.1 Å². The lowest BCUT2D eigenvalue weighted by Crippen LogP contribution is -2.59. The molecule has 1 aromatic heterocycles. The maximum Gasteiger partial charge on any atom is 0.509 e. The van der Waals surface area contributed by atoms with Gasteiger partial charge in [-0.1, -0.05) is 13.8 Å². The number of benzene rings is 1. The number of rotatable bonds is 3. The van der Waals surface area contributed by atoms with Crippen molar-refractivity contribution >= 4 is 17.1 Å². The minimum Gasteiger partial charge on any atom is -0.507 e. The highest BCUT2D eigenvalue weighted by molar-refractivity contribution is 5.87. The second-order valence-electron chi connectivity index (χ2n) is 7.49. The van der Waals surface area contributed by atoms with E-state index in [1.54, 1.807) is 19.1 Å². The van der Waals surface area contributed by atoms with Gasteiger partial charge in [0.2, 0.25) is 12.4 Å². The first-order valence-corrected chi connectivity index (χ1v) is 9.21. The molecule has 2 aromatic rings. The summed E-state index contributed by atoms with van der Waals surface area (Å²) in [5, 5.41) is 10.4. The van der Waals surface area contributed by atoms with Crippen LogP contribution in [0.25, 0.3) is 11.0 Å². The maximum atomic E-state index is 11.7. The molecule has 5 atom stereocenters. The summed E-state index contributed by atoms with van der Waals surface area (Å²) >= 11 is 0. The summed E-state index contributed by atoms with van der Waals surface area (Å²) in [5.41, 5.74) is -0.492. The van der Waals surface area contributed by atoms with E-state index in [9.17, 15) is 14.7 Å². The predicted molar refractivity (Wildman–Crippen MR) is 97.4 cm³/mol. The zero-order valence-corrected chi connectivity index (χ0v) is 16.1. The Bertz CT molecular complexity index is 996. The van der Waals surface area contributed by atoms with E-state index in [2.05, 4.69) is 0 Å². The van der Waals surface area contributed by atoms with Crippen molar-refractivity contribution < 1.29 is 33.3 Å². The first kappa shape index (κ1) is 18.6. The van der Waals surface area contributed by atoms with E-state index >= 15 is 0 Å². The van der Waals surface area contributed by atoms with Crippen molar-refractivity contribution in [2.75, 3.05) is 0 Å². The molecule has 28 heavy (non-hydrogen) atoms. The number of hydrogen-bond acceptors (Lipinski definition) is 8. The minimum atomic E-state index is -0.891. The number of aromatic hydroxyl groups is 1. The number of ether oxygens (including phenoxy) is 4. The van der Waals surface area contributed by atoms with Gasteiger partial charge in [-0.25, -0.2) is 9.59 Å². The second kappa shape index (κ2) is 6.41. The Morgan fingerprint density at radius 3 is 2.64 bits per heavy atom. The normalized spacial score (nSPS) is 31.9. The lowest BCUT2D eigenvalue weighted by molar-refractivity contribution is -0.267. The summed E-state index contributed by atoms with van der Waals surface area (Å²) in [6, 6.07) is 4.25. The summed E-state index contributed by atoms with van der Waals surface area (Å²) < 4.78 is 28.2. The van der Waals surface area contributed by atoms with Gasteiger partial charge >= 0.3 is 11.8 Å². The molecule has 4 unspecified atom stereocenters. The first-order valence-electron chi connectivity index (χ1n) is 9.21. The monoisotopic (exact) mass is 390 g/mol.